The van der Waals surface area contributed by atoms with Crippen molar-refractivity contribution in [3.63, 3.8) is 0 Å². The van der Waals surface area contributed by atoms with E-state index in [1.54, 1.807) is 4.90 Å². The van der Waals surface area contributed by atoms with Crippen molar-refractivity contribution in [3.05, 3.63) is 64.1 Å². The Morgan fingerprint density at radius 1 is 1.14 bits per heavy atom. The predicted octanol–water partition coefficient (Wildman–Crippen LogP) is 4.59. The van der Waals surface area contributed by atoms with E-state index in [0.717, 1.165) is 66.0 Å². The Bertz CT molecular complexity index is 1350. The Morgan fingerprint density at radius 3 is 2.66 bits per heavy atom. The minimum atomic E-state index is -0.850. The fourth-order valence-corrected chi connectivity index (χ4v) is 7.88. The zero-order valence-electron chi connectivity index (χ0n) is 26.2. The molecule has 238 valence electrons. The summed E-state index contributed by atoms with van der Waals surface area (Å²) in [7, 11) is 0. The second kappa shape index (κ2) is 12.7. The number of likely N-dealkylation sites (tertiary alicyclic amines) is 2. The molecule has 5 atom stereocenters. The number of halogens is 1. The lowest BCUT2D eigenvalue weighted by molar-refractivity contribution is -0.143. The summed E-state index contributed by atoms with van der Waals surface area (Å²) in [5, 5.41) is 18.3. The number of nitrogens with zero attached hydrogens (tertiary/aromatic N) is 2. The Balaban J connectivity index is 1.14. The van der Waals surface area contributed by atoms with Gasteiger partial charge in [-0.1, -0.05) is 46.3 Å². The van der Waals surface area contributed by atoms with Gasteiger partial charge < -0.3 is 25.4 Å². The fraction of sp³-hybridized carbons (Fsp3) is 0.600. The number of fused-ring (bicyclic) bond motifs is 1. The number of carbonyl (C=O) groups is 2. The first-order valence-corrected chi connectivity index (χ1v) is 17.1. The molecule has 2 aromatic carbocycles. The lowest BCUT2D eigenvalue weighted by atomic mass is 9.89. The number of aliphatic hydroxyl groups is 1. The van der Waals surface area contributed by atoms with Gasteiger partial charge in [-0.25, -0.2) is 0 Å². The molecule has 0 radical (unpaired) electrons. The van der Waals surface area contributed by atoms with Gasteiger partial charge in [0.1, 0.15) is 22.9 Å². The number of hydrogen-bond donors (Lipinski definition) is 3. The molecule has 6 rings (SSSR count). The molecule has 1 spiro atoms. The van der Waals surface area contributed by atoms with Gasteiger partial charge >= 0.3 is 0 Å². The first kappa shape index (κ1) is 31.5. The third-order valence-electron chi connectivity index (χ3n) is 10.2. The first-order valence-electron chi connectivity index (χ1n) is 16.3. The van der Waals surface area contributed by atoms with Crippen molar-refractivity contribution in [3.8, 4) is 5.75 Å². The third kappa shape index (κ3) is 6.71. The van der Waals surface area contributed by atoms with Crippen LogP contribution in [-0.4, -0.2) is 82.2 Å². The summed E-state index contributed by atoms with van der Waals surface area (Å²) in [4.78, 5) is 31.9. The molecule has 0 aromatic heterocycles. The Hall–Kier alpha value is -2.46. The van der Waals surface area contributed by atoms with E-state index < -0.39 is 23.7 Å². The number of hydrogen-bond acceptors (Lipinski definition) is 6. The topological polar surface area (TPSA) is 94.1 Å². The summed E-state index contributed by atoms with van der Waals surface area (Å²) in [6.07, 6.45) is 5.61. The van der Waals surface area contributed by atoms with Crippen molar-refractivity contribution >= 4 is 27.7 Å². The predicted molar refractivity (Wildman–Crippen MR) is 174 cm³/mol. The standard InChI is InChI=1S/C35H47BrN4O4/c1-23(40-17-15-35(33(40)43)14-7-16-39(35)22-25-10-11-25)32(42)38-28(18-24-8-5-4-6-9-24)30(41)21-37-29-20-34(2,3)44-31-13-12-26(36)19-27(29)31/h4-6,8-9,12-13,19,23,25,28-30,37,41H,7,10-11,14-18,20-22H2,1-3H3,(H,38,42)/t23?,28-,29?,30+,35-/m0/s1. The van der Waals surface area contributed by atoms with Crippen LogP contribution < -0.4 is 15.4 Å². The van der Waals surface area contributed by atoms with Crippen LogP contribution in [0.2, 0.25) is 0 Å². The number of amides is 2. The van der Waals surface area contributed by atoms with Gasteiger partial charge in [0.05, 0.1) is 12.1 Å². The van der Waals surface area contributed by atoms with E-state index in [9.17, 15) is 14.7 Å². The minimum absolute atomic E-state index is 0.0173. The summed E-state index contributed by atoms with van der Waals surface area (Å²) in [6, 6.07) is 14.8. The van der Waals surface area contributed by atoms with Gasteiger partial charge in [0.2, 0.25) is 11.8 Å². The highest BCUT2D eigenvalue weighted by atomic mass is 79.9. The zero-order chi connectivity index (χ0) is 31.1. The highest BCUT2D eigenvalue weighted by molar-refractivity contribution is 9.10. The quantitative estimate of drug-likeness (QED) is 0.325. The molecule has 8 nitrogen and oxygen atoms in total. The van der Waals surface area contributed by atoms with Crippen LogP contribution in [0.15, 0.2) is 53.0 Å². The molecular formula is C35H47BrN4O4. The van der Waals surface area contributed by atoms with Crippen molar-refractivity contribution in [2.45, 2.75) is 101 Å². The summed E-state index contributed by atoms with van der Waals surface area (Å²) in [6.45, 7) is 8.84. The van der Waals surface area contributed by atoms with Gasteiger partial charge in [0, 0.05) is 42.1 Å². The second-order valence-corrected chi connectivity index (χ2v) is 14.9. The van der Waals surface area contributed by atoms with Crippen molar-refractivity contribution < 1.29 is 19.4 Å². The molecule has 2 aromatic rings. The Kier molecular flexibility index (Phi) is 9.12. The van der Waals surface area contributed by atoms with Gasteiger partial charge in [0.25, 0.3) is 0 Å². The molecule has 3 N–H and O–H groups in total. The van der Waals surface area contributed by atoms with E-state index >= 15 is 0 Å². The highest BCUT2D eigenvalue weighted by Gasteiger charge is 2.55. The maximum Gasteiger partial charge on any atom is 0.243 e. The molecular weight excluding hydrogens is 620 g/mol. The van der Waals surface area contributed by atoms with Crippen LogP contribution in [0.3, 0.4) is 0 Å². The van der Waals surface area contributed by atoms with Crippen molar-refractivity contribution in [1.82, 2.24) is 20.4 Å². The Labute approximate surface area is 270 Å². The maximum absolute atomic E-state index is 13.9. The second-order valence-electron chi connectivity index (χ2n) is 14.0. The maximum atomic E-state index is 13.9. The van der Waals surface area contributed by atoms with Gasteiger partial charge in [-0.2, -0.15) is 0 Å². The lowest BCUT2D eigenvalue weighted by Crippen LogP contribution is -2.57. The number of nitrogens with one attached hydrogen (secondary N) is 2. The van der Waals surface area contributed by atoms with E-state index in [1.807, 2.05) is 49.4 Å². The van der Waals surface area contributed by atoms with Gasteiger partial charge in [-0.3, -0.25) is 14.5 Å². The van der Waals surface area contributed by atoms with E-state index in [-0.39, 0.29) is 23.5 Å². The third-order valence-corrected chi connectivity index (χ3v) is 10.7. The molecule has 2 unspecified atom stereocenters. The molecule has 44 heavy (non-hydrogen) atoms. The Morgan fingerprint density at radius 2 is 1.91 bits per heavy atom. The van der Waals surface area contributed by atoms with Crippen LogP contribution in [-0.2, 0) is 16.0 Å². The normalized spacial score (nSPS) is 26.7. The molecule has 2 amide bonds. The van der Waals surface area contributed by atoms with E-state index in [1.165, 1.54) is 12.8 Å². The average molecular weight is 668 g/mol. The summed E-state index contributed by atoms with van der Waals surface area (Å²) >= 11 is 3.58. The van der Waals surface area contributed by atoms with Crippen LogP contribution in [0, 0.1) is 5.92 Å². The van der Waals surface area contributed by atoms with Gasteiger partial charge in [-0.05, 0) is 95.5 Å². The molecule has 3 fully saturated rings. The van der Waals surface area contributed by atoms with Crippen LogP contribution in [0.1, 0.15) is 76.5 Å². The minimum Gasteiger partial charge on any atom is -0.487 e. The molecule has 0 bridgehead atoms. The van der Waals surface area contributed by atoms with Crippen LogP contribution in [0.5, 0.6) is 5.75 Å². The van der Waals surface area contributed by atoms with E-state index in [2.05, 4.69) is 51.4 Å². The summed E-state index contributed by atoms with van der Waals surface area (Å²) in [5.41, 5.74) is 1.28. The van der Waals surface area contributed by atoms with Gasteiger partial charge in [0.15, 0.2) is 0 Å². The summed E-state index contributed by atoms with van der Waals surface area (Å²) < 4.78 is 7.20. The first-order chi connectivity index (χ1) is 21.0. The molecule has 1 saturated carbocycles. The molecule has 4 aliphatic rings. The number of rotatable bonds is 11. The van der Waals surface area contributed by atoms with Gasteiger partial charge in [-0.15, -0.1) is 0 Å². The molecule has 3 heterocycles. The molecule has 9 heteroatoms. The molecule has 3 aliphatic heterocycles. The van der Waals surface area contributed by atoms with Crippen LogP contribution >= 0.6 is 15.9 Å². The monoisotopic (exact) mass is 666 g/mol. The number of benzene rings is 2. The largest absolute Gasteiger partial charge is 0.487 e. The van der Waals surface area contributed by atoms with Crippen LogP contribution in [0.4, 0.5) is 0 Å². The smallest absolute Gasteiger partial charge is 0.243 e. The molecule has 2 saturated heterocycles. The fourth-order valence-electron chi connectivity index (χ4n) is 7.50. The number of ether oxygens (including phenoxy) is 1. The number of carbonyl (C=O) groups excluding carboxylic acids is 2. The lowest BCUT2D eigenvalue weighted by Gasteiger charge is -2.39. The zero-order valence-corrected chi connectivity index (χ0v) is 27.8. The van der Waals surface area contributed by atoms with Crippen LogP contribution in [0.25, 0.3) is 0 Å². The van der Waals surface area contributed by atoms with E-state index in [0.29, 0.717) is 19.5 Å². The van der Waals surface area contributed by atoms with Crippen molar-refractivity contribution in [2.24, 2.45) is 5.92 Å². The summed E-state index contributed by atoms with van der Waals surface area (Å²) in [5.74, 6) is 1.45. The van der Waals surface area contributed by atoms with E-state index in [4.69, 9.17) is 4.74 Å². The van der Waals surface area contributed by atoms with Crippen molar-refractivity contribution in [1.29, 1.82) is 0 Å². The molecule has 1 aliphatic carbocycles. The number of aliphatic hydroxyl groups excluding tert-OH is 1. The SMILES string of the molecule is CC(C(=O)N[C@@H](Cc1ccccc1)[C@H](O)CNC1CC(C)(C)Oc2ccc(Br)cc21)N1CC[C@@]2(CCCN2CC2CC2)C1=O. The average Bonchev–Trinajstić information content (AvgIpc) is 3.64. The van der Waals surface area contributed by atoms with Crippen molar-refractivity contribution in [2.75, 3.05) is 26.2 Å². The highest BCUT2D eigenvalue weighted by Crippen LogP contribution is 2.43.